The topological polar surface area (TPSA) is 48.2 Å². The van der Waals surface area contributed by atoms with Gasteiger partial charge >= 0.3 is 6.61 Å². The Bertz CT molecular complexity index is 1160. The van der Waals surface area contributed by atoms with Gasteiger partial charge in [-0.05, 0) is 46.6 Å². The van der Waals surface area contributed by atoms with Crippen molar-refractivity contribution in [2.75, 3.05) is 5.32 Å². The van der Waals surface area contributed by atoms with Crippen molar-refractivity contribution in [1.82, 2.24) is 0 Å². The van der Waals surface area contributed by atoms with Crippen LogP contribution in [0, 0.1) is 5.82 Å². The van der Waals surface area contributed by atoms with Gasteiger partial charge in [-0.15, -0.1) is 0 Å². The molecule has 0 aliphatic heterocycles. The van der Waals surface area contributed by atoms with Crippen LogP contribution < -0.4 is 19.7 Å². The van der Waals surface area contributed by atoms with Gasteiger partial charge in [0.15, 0.2) is 17.4 Å². The van der Waals surface area contributed by atoms with E-state index in [0.717, 1.165) is 5.56 Å². The highest BCUT2D eigenvalue weighted by atomic mass is 32.1. The van der Waals surface area contributed by atoms with Gasteiger partial charge in [0.25, 0.3) is 0 Å². The fraction of sp³-hybridized carbons (Fsp3) is 0.200. The van der Waals surface area contributed by atoms with Crippen molar-refractivity contribution in [3.63, 3.8) is 0 Å². The van der Waals surface area contributed by atoms with Gasteiger partial charge in [-0.2, -0.15) is 13.3 Å². The number of halogens is 3. The lowest BCUT2D eigenvalue weighted by Gasteiger charge is -2.20. The number of nitrogens with zero attached hydrogens (tertiary/aromatic N) is 1. The monoisotopic (exact) mass is 472 g/mol. The average molecular weight is 473 g/mol. The minimum Gasteiger partial charge on any atom is -0.867 e. The highest BCUT2D eigenvalue weighted by molar-refractivity contribution is 7.81. The molecule has 0 atom stereocenters. The number of aromatic nitrogens is 1. The highest BCUT2D eigenvalue weighted by Gasteiger charge is 2.22. The van der Waals surface area contributed by atoms with Gasteiger partial charge in [-0.3, -0.25) is 0 Å². The van der Waals surface area contributed by atoms with Crippen LogP contribution in [0.3, 0.4) is 0 Å². The van der Waals surface area contributed by atoms with Crippen LogP contribution in [0.4, 0.5) is 18.9 Å². The number of rotatable bonds is 6. The van der Waals surface area contributed by atoms with E-state index >= 15 is 0 Å². The lowest BCUT2D eigenvalue weighted by atomic mass is 9.88. The molecule has 33 heavy (non-hydrogen) atoms. The van der Waals surface area contributed by atoms with Gasteiger partial charge in [-0.25, -0.2) is 4.39 Å². The number of anilines is 1. The molecular weight excluding hydrogens is 449 g/mol. The minimum absolute atomic E-state index is 0.00603. The van der Waals surface area contributed by atoms with E-state index in [0.29, 0.717) is 0 Å². The third-order valence-corrected chi connectivity index (χ3v) is 5.14. The molecule has 0 bridgehead atoms. The van der Waals surface area contributed by atoms with Gasteiger partial charge in [-0.1, -0.05) is 57.3 Å². The molecule has 0 aliphatic carbocycles. The Kier molecular flexibility index (Phi) is 7.38. The number of alkyl halides is 2. The van der Waals surface area contributed by atoms with E-state index < -0.39 is 18.2 Å². The Morgan fingerprint density at radius 2 is 1.61 bits per heavy atom. The molecule has 0 saturated heterocycles. The lowest BCUT2D eigenvalue weighted by molar-refractivity contribution is -0.577. The van der Waals surface area contributed by atoms with Crippen molar-refractivity contribution < 1.29 is 27.6 Å². The maximum Gasteiger partial charge on any atom is 0.387 e. The molecule has 8 heteroatoms. The predicted molar refractivity (Wildman–Crippen MR) is 124 cm³/mol. The van der Waals surface area contributed by atoms with E-state index in [1.54, 1.807) is 29.1 Å². The normalized spacial score (nSPS) is 12.3. The third kappa shape index (κ3) is 6.10. The second-order valence-electron chi connectivity index (χ2n) is 8.26. The van der Waals surface area contributed by atoms with Gasteiger partial charge < -0.3 is 15.2 Å². The van der Waals surface area contributed by atoms with Crippen LogP contribution in [0.5, 0.6) is 5.75 Å². The number of ether oxygens (including phenoxy) is 1. The van der Waals surface area contributed by atoms with Gasteiger partial charge in [0.2, 0.25) is 5.70 Å². The van der Waals surface area contributed by atoms with Crippen LogP contribution in [0.15, 0.2) is 73.1 Å². The van der Waals surface area contributed by atoms with Crippen molar-refractivity contribution in [3.05, 3.63) is 90.0 Å². The van der Waals surface area contributed by atoms with Gasteiger partial charge in [0.05, 0.1) is 5.69 Å². The van der Waals surface area contributed by atoms with Gasteiger partial charge in [0, 0.05) is 12.1 Å². The van der Waals surface area contributed by atoms with Gasteiger partial charge in [0.1, 0.15) is 11.6 Å². The van der Waals surface area contributed by atoms with Crippen LogP contribution in [-0.4, -0.2) is 11.6 Å². The van der Waals surface area contributed by atoms with E-state index in [2.05, 4.69) is 30.8 Å². The number of thiocarbonyl (C=S) groups is 1. The summed E-state index contributed by atoms with van der Waals surface area (Å²) < 4.78 is 44.9. The number of pyridine rings is 1. The zero-order chi connectivity index (χ0) is 24.2. The zero-order valence-electron chi connectivity index (χ0n) is 18.3. The Morgan fingerprint density at radius 3 is 2.15 bits per heavy atom. The first-order valence-corrected chi connectivity index (χ1v) is 10.5. The fourth-order valence-corrected chi connectivity index (χ4v) is 3.39. The summed E-state index contributed by atoms with van der Waals surface area (Å²) in [6, 6.07) is 15.0. The Balaban J connectivity index is 2.05. The first-order valence-electron chi connectivity index (χ1n) is 10.1. The smallest absolute Gasteiger partial charge is 0.387 e. The fourth-order valence-electron chi connectivity index (χ4n) is 3.08. The molecule has 4 nitrogen and oxygen atoms in total. The maximum absolute atomic E-state index is 14.2. The first-order chi connectivity index (χ1) is 15.6. The second-order valence-corrected chi connectivity index (χ2v) is 8.67. The summed E-state index contributed by atoms with van der Waals surface area (Å²) in [7, 11) is 0. The standard InChI is InChI=1S/C25H23F3N2O2S/c1-25(2,3)17-12-14-30(15-13-17)21(23(33)29-20-7-5-4-6-19(20)26)22(31)16-8-10-18(11-9-16)32-24(27)28/h4-15,24H,1-3H3,(H-,29,31,33). The molecule has 0 radical (unpaired) electrons. The molecule has 1 heterocycles. The molecule has 0 aliphatic rings. The van der Waals surface area contributed by atoms with Crippen molar-refractivity contribution in [1.29, 1.82) is 0 Å². The lowest BCUT2D eigenvalue weighted by Crippen LogP contribution is -2.40. The number of hydrogen-bond acceptors (Lipinski definition) is 3. The average Bonchev–Trinajstić information content (AvgIpc) is 2.75. The summed E-state index contributed by atoms with van der Waals surface area (Å²) >= 11 is 5.48. The van der Waals surface area contributed by atoms with Crippen molar-refractivity contribution >= 4 is 34.3 Å². The largest absolute Gasteiger partial charge is 0.867 e. The summed E-state index contributed by atoms with van der Waals surface area (Å²) in [4.78, 5) is 0.00603. The zero-order valence-corrected chi connectivity index (χ0v) is 19.1. The van der Waals surface area contributed by atoms with E-state index in [9.17, 15) is 18.3 Å². The molecule has 0 saturated carbocycles. The Hall–Kier alpha value is -3.39. The molecule has 0 spiro atoms. The Morgan fingerprint density at radius 1 is 1.00 bits per heavy atom. The number of nitrogens with one attached hydrogen (secondary N) is 1. The third-order valence-electron chi connectivity index (χ3n) is 4.85. The summed E-state index contributed by atoms with van der Waals surface area (Å²) in [5, 5.41) is 16.2. The van der Waals surface area contributed by atoms with E-state index in [1.165, 1.54) is 36.4 Å². The number of benzene rings is 2. The Labute approximate surface area is 196 Å². The highest BCUT2D eigenvalue weighted by Crippen LogP contribution is 2.23. The van der Waals surface area contributed by atoms with Crippen LogP contribution in [0.2, 0.25) is 0 Å². The van der Waals surface area contributed by atoms with E-state index in [-0.39, 0.29) is 33.1 Å². The van der Waals surface area contributed by atoms with E-state index in [1.807, 2.05) is 12.1 Å². The summed E-state index contributed by atoms with van der Waals surface area (Å²) in [6.45, 7) is 3.23. The molecular formula is C25H23F3N2O2S. The molecule has 0 amide bonds. The molecule has 3 rings (SSSR count). The van der Waals surface area contributed by atoms with Crippen molar-refractivity contribution in [3.8, 4) is 5.75 Å². The summed E-state index contributed by atoms with van der Waals surface area (Å²) in [5.74, 6) is -1.06. The van der Waals surface area contributed by atoms with Crippen molar-refractivity contribution in [2.45, 2.75) is 32.8 Å². The summed E-state index contributed by atoms with van der Waals surface area (Å²) in [6.07, 6.45) is 3.41. The molecule has 1 aromatic heterocycles. The number of para-hydroxylation sites is 1. The van der Waals surface area contributed by atoms with Crippen LogP contribution >= 0.6 is 12.2 Å². The summed E-state index contributed by atoms with van der Waals surface area (Å²) in [5.41, 5.74) is 1.36. The molecule has 0 fully saturated rings. The minimum atomic E-state index is -2.97. The SMILES string of the molecule is CC(C)(C)c1cc[n+](C(C(=S)Nc2ccccc2F)=C([O-])c2ccc(OC(F)F)cc2)cc1. The second kappa shape index (κ2) is 10.0. The van der Waals surface area contributed by atoms with Crippen LogP contribution in [0.25, 0.3) is 11.5 Å². The molecule has 0 unspecified atom stereocenters. The first kappa shape index (κ1) is 24.3. The molecule has 2 aromatic carbocycles. The quantitative estimate of drug-likeness (QED) is 0.234. The van der Waals surface area contributed by atoms with Crippen molar-refractivity contribution in [2.24, 2.45) is 0 Å². The molecule has 3 aromatic rings. The van der Waals surface area contributed by atoms with Crippen LogP contribution in [0.1, 0.15) is 31.9 Å². The maximum atomic E-state index is 14.2. The molecule has 172 valence electrons. The number of hydrogen-bond donors (Lipinski definition) is 1. The van der Waals surface area contributed by atoms with E-state index in [4.69, 9.17) is 12.2 Å². The predicted octanol–water partition coefficient (Wildman–Crippen LogP) is 5.14. The molecule has 1 N–H and O–H groups in total. The van der Waals surface area contributed by atoms with Crippen LogP contribution in [-0.2, 0) is 5.41 Å².